The van der Waals surface area contributed by atoms with Crippen LogP contribution in [-0.4, -0.2) is 34.4 Å². The Balaban J connectivity index is 1.78. The second-order valence-corrected chi connectivity index (χ2v) is 8.75. The van der Waals surface area contributed by atoms with Crippen molar-refractivity contribution in [3.05, 3.63) is 69.1 Å². The lowest BCUT2D eigenvalue weighted by Gasteiger charge is -2.12. The summed E-state index contributed by atoms with van der Waals surface area (Å²) in [5, 5.41) is 0.726. The highest BCUT2D eigenvalue weighted by atomic mass is 32.1. The van der Waals surface area contributed by atoms with Gasteiger partial charge in [-0.25, -0.2) is 18.6 Å². The lowest BCUT2D eigenvalue weighted by atomic mass is 9.97. The number of carbonyl (C=O) groups excluding carboxylic acids is 1. The molecule has 0 aliphatic carbocycles. The number of aryl methyl sites for hydroxylation is 1. The number of aromatic nitrogens is 2. The largest absolute Gasteiger partial charge is 0.461 e. The zero-order valence-electron chi connectivity index (χ0n) is 17.7. The first kappa shape index (κ1) is 21.0. The summed E-state index contributed by atoms with van der Waals surface area (Å²) in [5.41, 5.74) is 1.77. The molecule has 3 aromatic rings. The van der Waals surface area contributed by atoms with Crippen molar-refractivity contribution in [1.82, 2.24) is 9.55 Å². The van der Waals surface area contributed by atoms with E-state index in [1.807, 2.05) is 0 Å². The van der Waals surface area contributed by atoms with Crippen LogP contribution < -0.4 is 0 Å². The van der Waals surface area contributed by atoms with Crippen LogP contribution in [-0.2, 0) is 22.5 Å². The van der Waals surface area contributed by atoms with Crippen molar-refractivity contribution in [3.63, 3.8) is 0 Å². The molecular weight excluding hydrogens is 436 g/mol. The van der Waals surface area contributed by atoms with Gasteiger partial charge in [0.2, 0.25) is 0 Å². The van der Waals surface area contributed by atoms with E-state index >= 15 is 0 Å². The van der Waals surface area contributed by atoms with E-state index in [0.29, 0.717) is 24.6 Å². The lowest BCUT2D eigenvalue weighted by molar-refractivity contribution is 0.0520. The Morgan fingerprint density at radius 3 is 2.84 bits per heavy atom. The summed E-state index contributed by atoms with van der Waals surface area (Å²) in [4.78, 5) is 22.6. The van der Waals surface area contributed by atoms with Crippen molar-refractivity contribution in [2.45, 2.75) is 39.3 Å². The molecule has 0 amide bonds. The first-order chi connectivity index (χ1) is 15.5. The number of hydrogen-bond donors (Lipinski definition) is 0. The van der Waals surface area contributed by atoms with E-state index in [1.54, 1.807) is 24.6 Å². The number of imidazole rings is 1. The third kappa shape index (κ3) is 3.36. The molecule has 2 aliphatic rings. The van der Waals surface area contributed by atoms with Crippen LogP contribution in [0.2, 0.25) is 0 Å². The van der Waals surface area contributed by atoms with Gasteiger partial charge in [0.15, 0.2) is 5.69 Å². The summed E-state index contributed by atoms with van der Waals surface area (Å²) in [6, 6.07) is 3.25. The van der Waals surface area contributed by atoms with Gasteiger partial charge in [0.05, 0.1) is 24.5 Å². The van der Waals surface area contributed by atoms with Gasteiger partial charge in [-0.2, -0.15) is 0 Å². The fourth-order valence-corrected chi connectivity index (χ4v) is 5.49. The van der Waals surface area contributed by atoms with Crippen LogP contribution >= 0.6 is 11.3 Å². The summed E-state index contributed by atoms with van der Waals surface area (Å²) in [5.74, 6) is -1.36. The highest BCUT2D eigenvalue weighted by Crippen LogP contribution is 2.41. The number of hydrogen-bond acceptors (Lipinski definition) is 6. The summed E-state index contributed by atoms with van der Waals surface area (Å²) in [6.45, 7) is 4.71. The fourth-order valence-electron chi connectivity index (χ4n) is 4.16. The van der Waals surface area contributed by atoms with E-state index in [4.69, 9.17) is 14.5 Å². The number of fused-ring (bicyclic) bond motifs is 5. The summed E-state index contributed by atoms with van der Waals surface area (Å²) < 4.78 is 42.5. The maximum atomic E-state index is 14.9. The molecule has 6 nitrogen and oxygen atoms in total. The lowest BCUT2D eigenvalue weighted by Crippen LogP contribution is -2.13. The molecule has 1 aromatic carbocycles. The molecule has 0 fully saturated rings. The average molecular weight is 458 g/mol. The first-order valence-electron chi connectivity index (χ1n) is 10.5. The summed E-state index contributed by atoms with van der Waals surface area (Å²) in [7, 11) is 0. The molecule has 0 bridgehead atoms. The second-order valence-electron chi connectivity index (χ2n) is 7.67. The minimum atomic E-state index is -0.678. The zero-order valence-corrected chi connectivity index (χ0v) is 18.5. The van der Waals surface area contributed by atoms with E-state index in [-0.39, 0.29) is 23.6 Å². The van der Waals surface area contributed by atoms with Crippen molar-refractivity contribution >= 4 is 23.0 Å². The Morgan fingerprint density at radius 2 is 2.09 bits per heavy atom. The molecule has 0 spiro atoms. The molecule has 0 unspecified atom stereocenters. The van der Waals surface area contributed by atoms with Crippen LogP contribution in [0.4, 0.5) is 8.78 Å². The third-order valence-corrected chi connectivity index (χ3v) is 6.87. The van der Waals surface area contributed by atoms with E-state index in [0.717, 1.165) is 28.3 Å². The van der Waals surface area contributed by atoms with Crippen molar-refractivity contribution in [1.29, 1.82) is 0 Å². The molecule has 1 atom stereocenters. The molecule has 0 saturated heterocycles. The van der Waals surface area contributed by atoms with Crippen molar-refractivity contribution in [2.75, 3.05) is 13.2 Å². The Hall–Kier alpha value is -2.91. The van der Waals surface area contributed by atoms with Crippen molar-refractivity contribution in [3.8, 4) is 5.00 Å². The van der Waals surface area contributed by atoms with E-state index < -0.39 is 23.6 Å². The SMILES string of the molecule is CCOC(=O)c1cn2c(n1)[C@H](C)N=C(c1c(F)cccc1F)c1c-2sc2c1COCCC2. The van der Waals surface area contributed by atoms with Gasteiger partial charge in [0.1, 0.15) is 28.5 Å². The van der Waals surface area contributed by atoms with Gasteiger partial charge in [-0.3, -0.25) is 9.56 Å². The Bertz CT molecular complexity index is 1230. The molecule has 0 radical (unpaired) electrons. The van der Waals surface area contributed by atoms with Crippen molar-refractivity contribution < 1.29 is 23.0 Å². The van der Waals surface area contributed by atoms with Crippen LogP contribution in [0, 0.1) is 11.6 Å². The number of benzene rings is 1. The summed E-state index contributed by atoms with van der Waals surface area (Å²) in [6.07, 6.45) is 3.27. The van der Waals surface area contributed by atoms with E-state index in [2.05, 4.69) is 4.98 Å². The molecular formula is C23H21F2N3O3S. The van der Waals surface area contributed by atoms with Gasteiger partial charge in [-0.1, -0.05) is 6.07 Å². The molecule has 0 saturated carbocycles. The van der Waals surface area contributed by atoms with Gasteiger partial charge in [0.25, 0.3) is 0 Å². The molecule has 2 aliphatic heterocycles. The fraction of sp³-hybridized carbons (Fsp3) is 0.348. The van der Waals surface area contributed by atoms with Gasteiger partial charge in [-0.05, 0) is 38.8 Å². The normalized spacial score (nSPS) is 17.5. The predicted octanol–water partition coefficient (Wildman–Crippen LogP) is 4.76. The molecule has 0 N–H and O–H groups in total. The predicted molar refractivity (Wildman–Crippen MR) is 116 cm³/mol. The topological polar surface area (TPSA) is 65.7 Å². The Morgan fingerprint density at radius 1 is 1.31 bits per heavy atom. The van der Waals surface area contributed by atoms with Gasteiger partial charge in [-0.15, -0.1) is 11.3 Å². The molecule has 5 rings (SSSR count). The maximum absolute atomic E-state index is 14.9. The van der Waals surface area contributed by atoms with Gasteiger partial charge >= 0.3 is 5.97 Å². The maximum Gasteiger partial charge on any atom is 0.358 e. The number of carbonyl (C=O) groups is 1. The highest BCUT2D eigenvalue weighted by molar-refractivity contribution is 7.15. The van der Waals surface area contributed by atoms with E-state index in [1.165, 1.54) is 29.5 Å². The number of aliphatic imine (C=N–C) groups is 1. The first-order valence-corrected chi connectivity index (χ1v) is 11.3. The van der Waals surface area contributed by atoms with Crippen LogP contribution in [0.5, 0.6) is 0 Å². The van der Waals surface area contributed by atoms with Crippen LogP contribution in [0.3, 0.4) is 0 Å². The number of nitrogens with zero attached hydrogens (tertiary/aromatic N) is 3. The van der Waals surface area contributed by atoms with Crippen molar-refractivity contribution in [2.24, 2.45) is 4.99 Å². The van der Waals surface area contributed by atoms with Gasteiger partial charge in [0, 0.05) is 28.8 Å². The molecule has 166 valence electrons. The number of thiophene rings is 1. The average Bonchev–Trinajstić information content (AvgIpc) is 3.25. The van der Waals surface area contributed by atoms with Crippen LogP contribution in [0.1, 0.15) is 64.2 Å². The van der Waals surface area contributed by atoms with E-state index in [9.17, 15) is 13.6 Å². The highest BCUT2D eigenvalue weighted by Gasteiger charge is 2.33. The standard InChI is InChI=1S/C23H21F2N3O3S/c1-3-31-23(29)16-10-28-21(27-16)12(2)26-20(19-14(24)6-4-7-15(19)25)18-13-11-30-9-5-8-17(13)32-22(18)28/h4,6-7,10,12H,3,5,8-9,11H2,1-2H3/t12-/m0/s1. The molecule has 2 aromatic heterocycles. The van der Waals surface area contributed by atoms with Gasteiger partial charge < -0.3 is 9.47 Å². The number of rotatable bonds is 3. The van der Waals surface area contributed by atoms with Crippen LogP contribution in [0.15, 0.2) is 29.4 Å². The minimum Gasteiger partial charge on any atom is -0.461 e. The molecule has 32 heavy (non-hydrogen) atoms. The summed E-state index contributed by atoms with van der Waals surface area (Å²) >= 11 is 1.52. The number of esters is 1. The second kappa shape index (κ2) is 8.22. The third-order valence-electron chi connectivity index (χ3n) is 5.58. The minimum absolute atomic E-state index is 0.165. The number of halogens is 2. The number of ether oxygens (including phenoxy) is 2. The zero-order chi connectivity index (χ0) is 22.4. The quantitative estimate of drug-likeness (QED) is 0.532. The monoisotopic (exact) mass is 457 g/mol. The van der Waals surface area contributed by atoms with Crippen LogP contribution in [0.25, 0.3) is 5.00 Å². The Labute approximate surface area is 187 Å². The molecule has 9 heteroatoms. The smallest absolute Gasteiger partial charge is 0.358 e. The Kier molecular flexibility index (Phi) is 5.38. The molecule has 4 heterocycles.